The Kier molecular flexibility index (Phi) is 6.75. The number of rotatable bonds is 5. The van der Waals surface area contributed by atoms with Crippen LogP contribution in [0, 0.1) is 11.3 Å². The van der Waals surface area contributed by atoms with Crippen molar-refractivity contribution >= 4 is 46.3 Å². The van der Waals surface area contributed by atoms with Gasteiger partial charge in [0.15, 0.2) is 10.2 Å². The summed E-state index contributed by atoms with van der Waals surface area (Å²) in [6.45, 7) is -0.496. The monoisotopic (exact) mass is 500 g/mol. The van der Waals surface area contributed by atoms with E-state index in [0.29, 0.717) is 25.8 Å². The second kappa shape index (κ2) is 9.35. The molecule has 3 aromatic rings. The largest absolute Gasteiger partial charge is 0.394 e. The van der Waals surface area contributed by atoms with Crippen LogP contribution in [0.4, 0.5) is 0 Å². The van der Waals surface area contributed by atoms with Crippen LogP contribution in [0.25, 0.3) is 11.4 Å². The van der Waals surface area contributed by atoms with Gasteiger partial charge in [-0.3, -0.25) is 0 Å². The molecule has 0 bridgehead atoms. The van der Waals surface area contributed by atoms with Crippen molar-refractivity contribution in [3.8, 4) is 17.5 Å². The molecule has 1 fully saturated rings. The van der Waals surface area contributed by atoms with Gasteiger partial charge in [-0.15, -0.1) is 16.4 Å². The van der Waals surface area contributed by atoms with Gasteiger partial charge in [0.25, 0.3) is 0 Å². The Hall–Kier alpha value is -1.82. The molecule has 1 saturated heterocycles. The summed E-state index contributed by atoms with van der Waals surface area (Å²) in [5.41, 5.74) is 0.0614. The summed E-state index contributed by atoms with van der Waals surface area (Å²) in [4.78, 5) is 8.49. The van der Waals surface area contributed by atoms with Crippen LogP contribution in [0.1, 0.15) is 11.7 Å². The lowest BCUT2D eigenvalue weighted by atomic mass is 9.97. The number of aliphatic hydroxyl groups is 3. The predicted molar refractivity (Wildman–Crippen MR) is 113 cm³/mol. The molecule has 10 nitrogen and oxygen atoms in total. The fourth-order valence-corrected chi connectivity index (χ4v) is 5.24. The Morgan fingerprint density at radius 1 is 1.29 bits per heavy atom. The summed E-state index contributed by atoms with van der Waals surface area (Å²) in [5.74, 6) is 0. The Morgan fingerprint density at radius 2 is 2.10 bits per heavy atom. The molecule has 1 aliphatic heterocycles. The van der Waals surface area contributed by atoms with Gasteiger partial charge in [0.1, 0.15) is 47.2 Å². The fourth-order valence-electron chi connectivity index (χ4n) is 3.11. The molecule has 5 atom stereocenters. The van der Waals surface area contributed by atoms with Crippen molar-refractivity contribution < 1.29 is 20.1 Å². The second-order valence-corrected chi connectivity index (χ2v) is 9.51. The van der Waals surface area contributed by atoms with E-state index in [1.807, 2.05) is 6.07 Å². The molecule has 0 radical (unpaired) electrons. The minimum Gasteiger partial charge on any atom is -0.394 e. The van der Waals surface area contributed by atoms with Crippen LogP contribution in [0.5, 0.6) is 0 Å². The molecule has 0 amide bonds. The van der Waals surface area contributed by atoms with Crippen molar-refractivity contribution in [3.63, 3.8) is 0 Å². The standard InChI is InChI=1S/C17H14Cl2N6O4S2/c18-7-1-12(8(2-20)21-3-7)31-16-15(28)13(14(27)11(5-26)29-16)25-4-9(23-24-25)10-6-30-17(19)22-10/h1,3-4,6,11,13-16,26-28H,5H2/t11-,13+,14+,15-,16-/m1/s1. The molecule has 0 unspecified atom stereocenters. The van der Waals surface area contributed by atoms with Crippen LogP contribution in [0.15, 0.2) is 28.7 Å². The third kappa shape index (κ3) is 4.55. The summed E-state index contributed by atoms with van der Waals surface area (Å²) in [7, 11) is 0. The average molecular weight is 501 g/mol. The molecule has 0 aliphatic carbocycles. The first-order valence-electron chi connectivity index (χ1n) is 8.79. The van der Waals surface area contributed by atoms with Crippen LogP contribution in [0.2, 0.25) is 9.49 Å². The molecule has 4 rings (SSSR count). The first kappa shape index (κ1) is 22.4. The molecule has 0 aromatic carbocycles. The summed E-state index contributed by atoms with van der Waals surface area (Å²) < 4.78 is 7.34. The number of nitrogens with zero attached hydrogens (tertiary/aromatic N) is 6. The minimum atomic E-state index is -1.28. The van der Waals surface area contributed by atoms with Gasteiger partial charge in [0, 0.05) is 16.5 Å². The zero-order valence-electron chi connectivity index (χ0n) is 15.4. The molecule has 31 heavy (non-hydrogen) atoms. The van der Waals surface area contributed by atoms with Crippen molar-refractivity contribution in [2.75, 3.05) is 6.61 Å². The molecular formula is C17H14Cl2N6O4S2. The lowest BCUT2D eigenvalue weighted by Gasteiger charge is -2.41. The number of nitriles is 1. The van der Waals surface area contributed by atoms with Crippen molar-refractivity contribution in [1.82, 2.24) is 25.0 Å². The number of hydrogen-bond donors (Lipinski definition) is 3. The molecular weight excluding hydrogens is 487 g/mol. The lowest BCUT2D eigenvalue weighted by molar-refractivity contribution is -0.178. The Labute approximate surface area is 194 Å². The number of pyridine rings is 1. The quantitative estimate of drug-likeness (QED) is 0.472. The van der Waals surface area contributed by atoms with Crippen molar-refractivity contribution in [1.29, 1.82) is 5.26 Å². The third-order valence-corrected chi connectivity index (χ3v) is 6.94. The van der Waals surface area contributed by atoms with Gasteiger partial charge in [-0.2, -0.15) is 5.26 Å². The summed E-state index contributed by atoms with van der Waals surface area (Å²) in [6, 6.07) is 2.50. The van der Waals surface area contributed by atoms with Crippen molar-refractivity contribution in [3.05, 3.63) is 39.0 Å². The third-order valence-electron chi connectivity index (χ3n) is 4.57. The number of halogens is 2. The number of hydrogen-bond acceptors (Lipinski definition) is 11. The van der Waals surface area contributed by atoms with Crippen LogP contribution in [-0.4, -0.2) is 70.6 Å². The molecule has 14 heteroatoms. The first-order valence-corrected chi connectivity index (χ1v) is 11.3. The number of thiazole rings is 1. The van der Waals surface area contributed by atoms with E-state index in [-0.39, 0.29) is 5.69 Å². The van der Waals surface area contributed by atoms with Gasteiger partial charge in [0.05, 0.1) is 17.8 Å². The van der Waals surface area contributed by atoms with Gasteiger partial charge in [-0.25, -0.2) is 14.6 Å². The Balaban J connectivity index is 1.64. The van der Waals surface area contributed by atoms with E-state index in [1.54, 1.807) is 5.38 Å². The second-order valence-electron chi connectivity index (χ2n) is 6.50. The van der Waals surface area contributed by atoms with Gasteiger partial charge in [-0.05, 0) is 6.07 Å². The molecule has 1 aliphatic rings. The summed E-state index contributed by atoms with van der Waals surface area (Å²) >= 11 is 14.1. The predicted octanol–water partition coefficient (Wildman–Crippen LogP) is 1.75. The van der Waals surface area contributed by atoms with Gasteiger partial charge in [-0.1, -0.05) is 40.2 Å². The molecule has 0 spiro atoms. The smallest absolute Gasteiger partial charge is 0.184 e. The maximum absolute atomic E-state index is 11.0. The summed E-state index contributed by atoms with van der Waals surface area (Å²) in [6.07, 6.45) is -0.705. The van der Waals surface area contributed by atoms with Crippen molar-refractivity contribution in [2.45, 2.75) is 34.7 Å². The van der Waals surface area contributed by atoms with E-state index in [4.69, 9.17) is 27.9 Å². The highest BCUT2D eigenvalue weighted by molar-refractivity contribution is 7.99. The van der Waals surface area contributed by atoms with Crippen LogP contribution < -0.4 is 0 Å². The maximum Gasteiger partial charge on any atom is 0.184 e. The molecule has 0 saturated carbocycles. The van der Waals surface area contributed by atoms with Crippen LogP contribution in [-0.2, 0) is 4.74 Å². The minimum absolute atomic E-state index is 0.108. The fraction of sp³-hybridized carbons (Fsp3) is 0.353. The highest BCUT2D eigenvalue weighted by Gasteiger charge is 2.46. The zero-order valence-corrected chi connectivity index (χ0v) is 18.6. The molecule has 3 aromatic heterocycles. The lowest BCUT2D eigenvalue weighted by Crippen LogP contribution is -2.55. The van der Waals surface area contributed by atoms with Crippen LogP contribution in [0.3, 0.4) is 0 Å². The van der Waals surface area contributed by atoms with E-state index in [9.17, 15) is 20.6 Å². The molecule has 162 valence electrons. The van der Waals surface area contributed by atoms with Gasteiger partial charge >= 0.3 is 0 Å². The first-order chi connectivity index (χ1) is 14.9. The topological polar surface area (TPSA) is 150 Å². The number of thioether (sulfide) groups is 1. The van der Waals surface area contributed by atoms with E-state index in [2.05, 4.69) is 20.3 Å². The molecule has 4 heterocycles. The highest BCUT2D eigenvalue weighted by Crippen LogP contribution is 2.39. The van der Waals surface area contributed by atoms with E-state index in [1.165, 1.54) is 34.5 Å². The van der Waals surface area contributed by atoms with Gasteiger partial charge in [0.2, 0.25) is 0 Å². The molecule has 3 N–H and O–H groups in total. The number of aliphatic hydroxyl groups excluding tert-OH is 3. The summed E-state index contributed by atoms with van der Waals surface area (Å²) in [5, 5.41) is 50.8. The van der Waals surface area contributed by atoms with Crippen LogP contribution >= 0.6 is 46.3 Å². The Bertz CT molecular complexity index is 1120. The van der Waals surface area contributed by atoms with E-state index in [0.717, 1.165) is 11.8 Å². The SMILES string of the molecule is N#Cc1ncc(Cl)cc1S[C@H]1O[C@H](CO)[C@H](O)[C@H](n2cc(-c3csc(Cl)n3)nn2)[C@H]1O. The zero-order chi connectivity index (χ0) is 22.1. The number of aromatic nitrogens is 5. The average Bonchev–Trinajstić information content (AvgIpc) is 3.39. The van der Waals surface area contributed by atoms with E-state index < -0.39 is 36.4 Å². The Morgan fingerprint density at radius 3 is 2.77 bits per heavy atom. The van der Waals surface area contributed by atoms with E-state index >= 15 is 0 Å². The maximum atomic E-state index is 11.0. The number of ether oxygens (including phenoxy) is 1. The van der Waals surface area contributed by atoms with Gasteiger partial charge < -0.3 is 20.1 Å². The normalized spacial score (nSPS) is 26.0. The van der Waals surface area contributed by atoms with Crippen molar-refractivity contribution in [2.24, 2.45) is 0 Å². The highest BCUT2D eigenvalue weighted by atomic mass is 35.5.